The van der Waals surface area contributed by atoms with Crippen LogP contribution < -0.4 is 21.0 Å². The van der Waals surface area contributed by atoms with Gasteiger partial charge in [-0.3, -0.25) is 0 Å². The molecule has 3 aromatic carbocycles. The maximum Gasteiger partial charge on any atom is 0.512 e. The summed E-state index contributed by atoms with van der Waals surface area (Å²) in [6, 6.07) is 24.0. The lowest BCUT2D eigenvalue weighted by molar-refractivity contribution is -0.0571. The van der Waals surface area contributed by atoms with Crippen molar-refractivity contribution in [3.05, 3.63) is 91.0 Å². The summed E-state index contributed by atoms with van der Waals surface area (Å²) in [7, 11) is -17.7. The third-order valence-corrected chi connectivity index (χ3v) is 14.0. The first-order chi connectivity index (χ1) is 17.9. The van der Waals surface area contributed by atoms with E-state index in [1.54, 1.807) is 91.0 Å². The van der Waals surface area contributed by atoms with Crippen LogP contribution in [0.2, 0.25) is 0 Å². The quantitative estimate of drug-likeness (QED) is 0.217. The fourth-order valence-corrected chi connectivity index (χ4v) is 11.6. The molecule has 39 heavy (non-hydrogen) atoms. The number of alkyl halides is 6. The summed E-state index contributed by atoms with van der Waals surface area (Å²) >= 11 is 0. The molecule has 0 saturated heterocycles. The van der Waals surface area contributed by atoms with Gasteiger partial charge in [0.25, 0.3) is 0 Å². The highest BCUT2D eigenvalue weighted by molar-refractivity contribution is 8.05. The first-order valence-corrected chi connectivity index (χ1v) is 15.9. The molecule has 1 unspecified atom stereocenters. The molecule has 0 spiro atoms. The molecule has 0 aliphatic rings. The van der Waals surface area contributed by atoms with Gasteiger partial charge in [0.05, 0.1) is 0 Å². The number of sulfonamides is 2. The zero-order valence-electron chi connectivity index (χ0n) is 20.5. The number of rotatable bonds is 9. The summed E-state index contributed by atoms with van der Waals surface area (Å²) in [5, 5.41) is 3.97. The molecule has 1 N–H and O–H groups in total. The Labute approximate surface area is 223 Å². The third kappa shape index (κ3) is 5.58. The Morgan fingerprint density at radius 2 is 0.923 bits per heavy atom. The van der Waals surface area contributed by atoms with Crippen LogP contribution in [0.3, 0.4) is 0 Å². The van der Waals surface area contributed by atoms with Crippen molar-refractivity contribution in [1.29, 1.82) is 0 Å². The predicted molar refractivity (Wildman–Crippen MR) is 139 cm³/mol. The number of nitrogens with zero attached hydrogens (tertiary/aromatic N) is 1. The summed E-state index contributed by atoms with van der Waals surface area (Å²) in [6.45, 7) is 1.79. The van der Waals surface area contributed by atoms with Crippen molar-refractivity contribution < 1.29 is 43.2 Å². The number of hydrogen-bond donors (Lipinski definition) is 1. The summed E-state index contributed by atoms with van der Waals surface area (Å²) < 4.78 is 132. The first-order valence-electron chi connectivity index (χ1n) is 11.2. The summed E-state index contributed by atoms with van der Waals surface area (Å²) in [6.07, 6.45) is -0.800. The van der Waals surface area contributed by atoms with Gasteiger partial charge in [-0.25, -0.2) is 16.8 Å². The second-order valence-electron chi connectivity index (χ2n) is 8.52. The van der Waals surface area contributed by atoms with Crippen LogP contribution in [0, 0.1) is 0 Å². The second kappa shape index (κ2) is 10.8. The summed E-state index contributed by atoms with van der Waals surface area (Å²) in [5.41, 5.74) is -15.7. The summed E-state index contributed by atoms with van der Waals surface area (Å²) in [5.74, 6) is 0. The lowest BCUT2D eigenvalue weighted by Crippen LogP contribution is -2.66. The number of hydrogen-bond acceptors (Lipinski definition) is 5. The molecule has 6 nitrogen and oxygen atoms in total. The van der Waals surface area contributed by atoms with Gasteiger partial charge in [0.15, 0.2) is 7.41 Å². The zero-order valence-corrected chi connectivity index (χ0v) is 23.0. The van der Waals surface area contributed by atoms with Crippen molar-refractivity contribution in [1.82, 2.24) is 8.80 Å². The molecule has 0 radical (unpaired) electrons. The molecule has 0 fully saturated rings. The Bertz CT molecular complexity index is 1350. The second-order valence-corrected chi connectivity index (χ2v) is 15.4. The molecule has 0 aliphatic heterocycles. The fourth-order valence-electron chi connectivity index (χ4n) is 4.05. The highest BCUT2D eigenvalue weighted by Gasteiger charge is 2.68. The number of nitrogens with one attached hydrogen (secondary N) is 1. The molecule has 15 heteroatoms. The summed E-state index contributed by atoms with van der Waals surface area (Å²) in [4.78, 5) is 0. The Morgan fingerprint density at radius 1 is 0.641 bits per heavy atom. The van der Waals surface area contributed by atoms with Crippen LogP contribution in [-0.2, 0) is 20.0 Å². The van der Waals surface area contributed by atoms with E-state index in [0.717, 1.165) is 6.92 Å². The minimum atomic E-state index is -7.09. The minimum absolute atomic E-state index is 0.399. The average molecular weight is 614 g/mol. The van der Waals surface area contributed by atoms with Gasteiger partial charge in [-0.2, -0.15) is 31.4 Å². The molecule has 0 amide bonds. The van der Waals surface area contributed by atoms with E-state index < -0.39 is 54.3 Å². The van der Waals surface area contributed by atoms with Gasteiger partial charge in [0.1, 0.15) is 21.6 Å². The lowest BCUT2D eigenvalue weighted by atomic mass is 10.2. The highest BCUT2D eigenvalue weighted by atomic mass is 32.3. The molecule has 0 aromatic heterocycles. The van der Waals surface area contributed by atoms with E-state index >= 15 is 0 Å². The molecule has 3 aromatic rings. The van der Waals surface area contributed by atoms with E-state index in [9.17, 15) is 43.2 Å². The van der Waals surface area contributed by atoms with Crippen LogP contribution in [0.4, 0.5) is 26.3 Å². The van der Waals surface area contributed by atoms with E-state index in [2.05, 4.69) is 5.09 Å². The van der Waals surface area contributed by atoms with E-state index in [4.69, 9.17) is 0 Å². The highest BCUT2D eigenvalue weighted by Crippen LogP contribution is 2.55. The fraction of sp³-hybridized carbons (Fsp3) is 0.250. The van der Waals surface area contributed by atoms with Gasteiger partial charge < -0.3 is 0 Å². The SMILES string of the molecule is CCC(C)(N[P+](c1ccccc1)(c1ccccc1)c1ccccc1)N(S(=O)(=O)C(F)(F)F)S(=O)(=O)C(F)(F)F. The van der Waals surface area contributed by atoms with Crippen LogP contribution in [0.1, 0.15) is 20.3 Å². The maximum atomic E-state index is 13.8. The van der Waals surface area contributed by atoms with Crippen molar-refractivity contribution in [3.63, 3.8) is 0 Å². The minimum Gasteiger partial charge on any atom is -0.202 e. The molecular formula is C24H24F6N2O4PS2+. The Hall–Kier alpha value is -2.51. The van der Waals surface area contributed by atoms with Crippen molar-refractivity contribution in [3.8, 4) is 0 Å². The van der Waals surface area contributed by atoms with Crippen molar-refractivity contribution in [2.24, 2.45) is 0 Å². The third-order valence-electron chi connectivity index (χ3n) is 5.95. The van der Waals surface area contributed by atoms with Crippen LogP contribution in [0.15, 0.2) is 91.0 Å². The molecule has 0 saturated carbocycles. The van der Waals surface area contributed by atoms with Crippen LogP contribution in [0.5, 0.6) is 0 Å². The predicted octanol–water partition coefficient (Wildman–Crippen LogP) is 4.61. The molecule has 212 valence electrons. The maximum absolute atomic E-state index is 13.8. The van der Waals surface area contributed by atoms with Gasteiger partial charge in [-0.1, -0.05) is 65.2 Å². The topological polar surface area (TPSA) is 83.6 Å². The van der Waals surface area contributed by atoms with E-state index in [-0.39, 0.29) is 0 Å². The molecule has 1 atom stereocenters. The Balaban J connectivity index is 2.49. The number of benzene rings is 3. The molecule has 0 bridgehead atoms. The monoisotopic (exact) mass is 613 g/mol. The van der Waals surface area contributed by atoms with E-state index in [1.807, 2.05) is 0 Å². The molecule has 0 heterocycles. The molecule has 0 aliphatic carbocycles. The van der Waals surface area contributed by atoms with Gasteiger partial charge in [-0.15, -0.1) is 0 Å². The molecular weight excluding hydrogens is 589 g/mol. The standard InChI is InChI=1S/C24H24F6N2O4PS2/c1-3-22(2,32(38(33,34)23(25,26)27)39(35,36)24(28,29)30)31-37(19-13-7-4-8-14-19,20-15-9-5-10-16-20)21-17-11-6-12-18-21/h4-18,31H,3H2,1-2H3/q+1. The van der Waals surface area contributed by atoms with Crippen LogP contribution in [0.25, 0.3) is 0 Å². The Kier molecular flexibility index (Phi) is 8.60. The van der Waals surface area contributed by atoms with Crippen LogP contribution >= 0.6 is 7.41 Å². The lowest BCUT2D eigenvalue weighted by Gasteiger charge is -2.42. The average Bonchev–Trinajstić information content (AvgIpc) is 2.87. The van der Waals surface area contributed by atoms with E-state index in [0.29, 0.717) is 22.8 Å². The molecule has 3 rings (SSSR count). The number of halogens is 6. The van der Waals surface area contributed by atoms with Gasteiger partial charge in [-0.05, 0) is 49.7 Å². The smallest absolute Gasteiger partial charge is 0.202 e. The van der Waals surface area contributed by atoms with Gasteiger partial charge in [0, 0.05) is 0 Å². The van der Waals surface area contributed by atoms with Crippen LogP contribution in [-0.4, -0.2) is 37.2 Å². The Morgan fingerprint density at radius 3 is 1.15 bits per heavy atom. The largest absolute Gasteiger partial charge is 0.512 e. The zero-order chi connectivity index (χ0) is 29.3. The van der Waals surface area contributed by atoms with Crippen molar-refractivity contribution in [2.75, 3.05) is 0 Å². The van der Waals surface area contributed by atoms with E-state index in [1.165, 1.54) is 0 Å². The van der Waals surface area contributed by atoms with Crippen molar-refractivity contribution in [2.45, 2.75) is 36.9 Å². The van der Waals surface area contributed by atoms with Gasteiger partial charge in [0.2, 0.25) is 0 Å². The van der Waals surface area contributed by atoms with Crippen molar-refractivity contribution >= 4 is 43.4 Å². The normalized spacial score (nSPS) is 15.2. The van der Waals surface area contributed by atoms with Gasteiger partial charge >= 0.3 is 31.1 Å². The first kappa shape index (κ1) is 31.0.